The Bertz CT molecular complexity index is 816. The second kappa shape index (κ2) is 11.1. The molecule has 166 valence electrons. The van der Waals surface area contributed by atoms with E-state index in [1.807, 2.05) is 0 Å². The maximum absolute atomic E-state index is 12.8. The fraction of sp³-hybridized carbons (Fsp3) is 0.650. The molecular weight excluding hydrogens is 424 g/mol. The zero-order valence-corrected chi connectivity index (χ0v) is 18.8. The Morgan fingerprint density at radius 3 is 2.40 bits per heavy atom. The molecular formula is C20H30N4O4S2. The highest BCUT2D eigenvalue weighted by Crippen LogP contribution is 2.22. The van der Waals surface area contributed by atoms with Crippen molar-refractivity contribution in [3.63, 3.8) is 0 Å². The number of imide groups is 1. The molecule has 10 heteroatoms. The van der Waals surface area contributed by atoms with Gasteiger partial charge in [0, 0.05) is 37.5 Å². The molecule has 1 saturated carbocycles. The molecule has 0 atom stereocenters. The summed E-state index contributed by atoms with van der Waals surface area (Å²) < 4.78 is 27.1. The van der Waals surface area contributed by atoms with E-state index in [9.17, 15) is 18.0 Å². The van der Waals surface area contributed by atoms with E-state index >= 15 is 0 Å². The van der Waals surface area contributed by atoms with E-state index < -0.39 is 16.1 Å². The second-order valence-corrected chi connectivity index (χ2v) is 10.8. The van der Waals surface area contributed by atoms with E-state index in [-0.39, 0.29) is 23.3 Å². The van der Waals surface area contributed by atoms with Crippen molar-refractivity contribution in [1.29, 1.82) is 0 Å². The molecule has 1 aromatic heterocycles. The molecule has 2 heterocycles. The third-order valence-corrected chi connectivity index (χ3v) is 8.26. The minimum Gasteiger partial charge on any atom is -0.335 e. The number of urea groups is 1. The van der Waals surface area contributed by atoms with Crippen LogP contribution in [0.4, 0.5) is 4.79 Å². The Hall–Kier alpha value is -1.65. The van der Waals surface area contributed by atoms with Crippen LogP contribution >= 0.6 is 11.8 Å². The van der Waals surface area contributed by atoms with Crippen LogP contribution < -0.4 is 10.6 Å². The van der Waals surface area contributed by atoms with Gasteiger partial charge in [0.15, 0.2) is 0 Å². The summed E-state index contributed by atoms with van der Waals surface area (Å²) in [6.07, 6.45) is 9.63. The Kier molecular flexibility index (Phi) is 8.52. The summed E-state index contributed by atoms with van der Waals surface area (Å²) >= 11 is 1.35. The molecule has 0 bridgehead atoms. The quantitative estimate of drug-likeness (QED) is 0.613. The number of carbonyl (C=O) groups is 2. The maximum Gasteiger partial charge on any atom is 0.321 e. The van der Waals surface area contributed by atoms with Crippen LogP contribution in [0.2, 0.25) is 0 Å². The van der Waals surface area contributed by atoms with Gasteiger partial charge in [-0.2, -0.15) is 4.31 Å². The van der Waals surface area contributed by atoms with Crippen molar-refractivity contribution < 1.29 is 18.0 Å². The topological polar surface area (TPSA) is 108 Å². The van der Waals surface area contributed by atoms with Gasteiger partial charge >= 0.3 is 6.03 Å². The lowest BCUT2D eigenvalue weighted by Crippen LogP contribution is -2.43. The standard InChI is InChI=1S/C20H30N4O4S2/c25-18(23-20(26)22-16-7-3-4-8-16)11-14-29-19-10-9-17(15-21-19)30(27,28)24-12-5-1-2-6-13-24/h9-10,15-16H,1-8,11-14H2,(H2,22,23,25,26). The molecule has 1 aliphatic carbocycles. The third kappa shape index (κ3) is 6.68. The number of carbonyl (C=O) groups excluding carboxylic acids is 2. The van der Waals surface area contributed by atoms with Crippen molar-refractivity contribution in [3.05, 3.63) is 18.3 Å². The van der Waals surface area contributed by atoms with Gasteiger partial charge in [-0.05, 0) is 37.8 Å². The SMILES string of the molecule is O=C(CCSc1ccc(S(=O)(=O)N2CCCCCC2)cn1)NC(=O)NC1CCCC1. The molecule has 8 nitrogen and oxygen atoms in total. The van der Waals surface area contributed by atoms with E-state index in [0.29, 0.717) is 23.9 Å². The lowest BCUT2D eigenvalue weighted by molar-refractivity contribution is -0.119. The van der Waals surface area contributed by atoms with Crippen LogP contribution in [0.3, 0.4) is 0 Å². The number of pyridine rings is 1. The van der Waals surface area contributed by atoms with E-state index in [2.05, 4.69) is 15.6 Å². The minimum absolute atomic E-state index is 0.167. The molecule has 3 rings (SSSR count). The van der Waals surface area contributed by atoms with E-state index in [4.69, 9.17) is 0 Å². The molecule has 3 amide bonds. The second-order valence-electron chi connectivity index (χ2n) is 7.75. The van der Waals surface area contributed by atoms with Crippen molar-refractivity contribution in [2.45, 2.75) is 73.8 Å². The molecule has 2 N–H and O–H groups in total. The predicted octanol–water partition coefficient (Wildman–Crippen LogP) is 2.90. The maximum atomic E-state index is 12.8. The number of aromatic nitrogens is 1. The van der Waals surface area contributed by atoms with Crippen LogP contribution in [0, 0.1) is 0 Å². The smallest absolute Gasteiger partial charge is 0.321 e. The van der Waals surface area contributed by atoms with E-state index in [1.165, 1.54) is 18.0 Å². The normalized spacial score (nSPS) is 18.7. The molecule has 1 aliphatic heterocycles. The summed E-state index contributed by atoms with van der Waals surface area (Å²) in [6.45, 7) is 1.12. The number of nitrogens with zero attached hydrogens (tertiary/aromatic N) is 2. The first kappa shape index (κ1) is 23.0. The van der Waals surface area contributed by atoms with E-state index in [0.717, 1.165) is 51.4 Å². The number of hydrogen-bond acceptors (Lipinski definition) is 6. The molecule has 0 aromatic carbocycles. The number of rotatable bonds is 7. The van der Waals surface area contributed by atoms with Gasteiger partial charge in [-0.25, -0.2) is 18.2 Å². The highest BCUT2D eigenvalue weighted by molar-refractivity contribution is 7.99. The van der Waals surface area contributed by atoms with Gasteiger partial charge in [-0.15, -0.1) is 11.8 Å². The van der Waals surface area contributed by atoms with Crippen molar-refractivity contribution in [3.8, 4) is 0 Å². The first-order chi connectivity index (χ1) is 14.4. The summed E-state index contributed by atoms with van der Waals surface area (Å²) in [5.41, 5.74) is 0. The van der Waals surface area contributed by atoms with Crippen molar-refractivity contribution in [2.75, 3.05) is 18.8 Å². The zero-order valence-electron chi connectivity index (χ0n) is 17.1. The van der Waals surface area contributed by atoms with Crippen LogP contribution in [0.25, 0.3) is 0 Å². The number of thioether (sulfide) groups is 1. The van der Waals surface area contributed by atoms with Gasteiger partial charge < -0.3 is 5.32 Å². The summed E-state index contributed by atoms with van der Waals surface area (Å²) in [4.78, 5) is 28.2. The number of sulfonamides is 1. The Labute approximate surface area is 182 Å². The summed E-state index contributed by atoms with van der Waals surface area (Å²) in [6, 6.07) is 2.98. The molecule has 0 unspecified atom stereocenters. The Morgan fingerprint density at radius 2 is 1.77 bits per heavy atom. The van der Waals surface area contributed by atoms with Gasteiger partial charge in [0.2, 0.25) is 15.9 Å². The summed E-state index contributed by atoms with van der Waals surface area (Å²) in [5, 5.41) is 5.82. The lowest BCUT2D eigenvalue weighted by atomic mass is 10.2. The van der Waals surface area contributed by atoms with Crippen LogP contribution in [0.5, 0.6) is 0 Å². The predicted molar refractivity (Wildman–Crippen MR) is 116 cm³/mol. The highest BCUT2D eigenvalue weighted by atomic mass is 32.2. The number of hydrogen-bond donors (Lipinski definition) is 2. The van der Waals surface area contributed by atoms with Crippen LogP contribution in [0.1, 0.15) is 57.8 Å². The number of nitrogens with one attached hydrogen (secondary N) is 2. The summed E-state index contributed by atoms with van der Waals surface area (Å²) in [7, 11) is -3.51. The average Bonchev–Trinajstić information content (AvgIpc) is 3.06. The average molecular weight is 455 g/mol. The fourth-order valence-corrected chi connectivity index (χ4v) is 6.02. The van der Waals surface area contributed by atoms with Gasteiger partial charge in [-0.3, -0.25) is 10.1 Å². The fourth-order valence-electron chi connectivity index (χ4n) is 3.76. The molecule has 30 heavy (non-hydrogen) atoms. The minimum atomic E-state index is -3.51. The van der Waals surface area contributed by atoms with Crippen molar-refractivity contribution in [1.82, 2.24) is 19.9 Å². The lowest BCUT2D eigenvalue weighted by Gasteiger charge is -2.19. The molecule has 0 spiro atoms. The molecule has 2 fully saturated rings. The summed E-state index contributed by atoms with van der Waals surface area (Å²) in [5.74, 6) is 0.117. The van der Waals surface area contributed by atoms with Crippen LogP contribution in [0.15, 0.2) is 28.3 Å². The monoisotopic (exact) mass is 454 g/mol. The molecule has 2 aliphatic rings. The number of amides is 3. The largest absolute Gasteiger partial charge is 0.335 e. The van der Waals surface area contributed by atoms with Gasteiger partial charge in [0.05, 0.1) is 5.03 Å². The third-order valence-electron chi connectivity index (χ3n) is 5.43. The Morgan fingerprint density at radius 1 is 1.07 bits per heavy atom. The molecule has 0 radical (unpaired) electrons. The van der Waals surface area contributed by atoms with Gasteiger partial charge in [0.1, 0.15) is 4.90 Å². The molecule has 1 aromatic rings. The first-order valence-electron chi connectivity index (χ1n) is 10.6. The van der Waals surface area contributed by atoms with Gasteiger partial charge in [0.25, 0.3) is 0 Å². The van der Waals surface area contributed by atoms with Crippen molar-refractivity contribution in [2.24, 2.45) is 0 Å². The van der Waals surface area contributed by atoms with E-state index in [1.54, 1.807) is 16.4 Å². The molecule has 1 saturated heterocycles. The van der Waals surface area contributed by atoms with Crippen molar-refractivity contribution >= 4 is 33.7 Å². The van der Waals surface area contributed by atoms with Crippen LogP contribution in [-0.2, 0) is 14.8 Å². The van der Waals surface area contributed by atoms with Crippen LogP contribution in [-0.4, -0.2) is 54.5 Å². The van der Waals surface area contributed by atoms with Gasteiger partial charge in [-0.1, -0.05) is 25.7 Å². The Balaban J connectivity index is 1.42. The zero-order chi connectivity index (χ0) is 21.4. The highest BCUT2D eigenvalue weighted by Gasteiger charge is 2.25. The first-order valence-corrected chi connectivity index (χ1v) is 13.1.